The Kier molecular flexibility index (Phi) is 4.79. The SMILES string of the molecule is CC(C(=O)NCc1cccc(I)c1)n1nc2c(cc1=O)CCC2. The maximum atomic E-state index is 12.3. The number of hydrogen-bond acceptors (Lipinski definition) is 3. The van der Waals surface area contributed by atoms with Crippen molar-refractivity contribution in [1.29, 1.82) is 0 Å². The van der Waals surface area contributed by atoms with Crippen molar-refractivity contribution < 1.29 is 4.79 Å². The predicted octanol–water partition coefficient (Wildman–Crippen LogP) is 2.21. The van der Waals surface area contributed by atoms with Gasteiger partial charge < -0.3 is 5.32 Å². The van der Waals surface area contributed by atoms with E-state index < -0.39 is 6.04 Å². The molecule has 1 aliphatic rings. The molecule has 1 unspecified atom stereocenters. The van der Waals surface area contributed by atoms with E-state index in [0.29, 0.717) is 6.54 Å². The van der Waals surface area contributed by atoms with Crippen LogP contribution in [0.1, 0.15) is 36.2 Å². The van der Waals surface area contributed by atoms with Gasteiger partial charge in [0.05, 0.1) is 5.69 Å². The van der Waals surface area contributed by atoms with Crippen LogP contribution in [0.2, 0.25) is 0 Å². The monoisotopic (exact) mass is 423 g/mol. The normalized spacial score (nSPS) is 14.3. The lowest BCUT2D eigenvalue weighted by Crippen LogP contribution is -2.37. The minimum atomic E-state index is -0.615. The maximum Gasteiger partial charge on any atom is 0.267 e. The fourth-order valence-electron chi connectivity index (χ4n) is 2.79. The van der Waals surface area contributed by atoms with Crippen molar-refractivity contribution >= 4 is 28.5 Å². The van der Waals surface area contributed by atoms with Gasteiger partial charge in [-0.25, -0.2) is 4.68 Å². The van der Waals surface area contributed by atoms with Gasteiger partial charge in [-0.05, 0) is 72.0 Å². The van der Waals surface area contributed by atoms with Crippen molar-refractivity contribution in [2.45, 2.75) is 38.8 Å². The molecule has 23 heavy (non-hydrogen) atoms. The van der Waals surface area contributed by atoms with Gasteiger partial charge in [-0.15, -0.1) is 0 Å². The number of halogens is 1. The van der Waals surface area contributed by atoms with Crippen LogP contribution in [-0.4, -0.2) is 15.7 Å². The Bertz CT molecular complexity index is 801. The van der Waals surface area contributed by atoms with Crippen molar-refractivity contribution in [2.24, 2.45) is 0 Å². The third kappa shape index (κ3) is 3.63. The van der Waals surface area contributed by atoms with Gasteiger partial charge in [0.25, 0.3) is 5.56 Å². The molecule has 1 atom stereocenters. The molecule has 1 amide bonds. The van der Waals surface area contributed by atoms with Gasteiger partial charge in [0, 0.05) is 16.2 Å². The molecular weight excluding hydrogens is 405 g/mol. The molecule has 5 nitrogen and oxygen atoms in total. The number of nitrogens with zero attached hydrogens (tertiary/aromatic N) is 2. The van der Waals surface area contributed by atoms with E-state index in [1.807, 2.05) is 24.3 Å². The van der Waals surface area contributed by atoms with E-state index in [4.69, 9.17) is 0 Å². The first-order valence-corrected chi connectivity index (χ1v) is 8.76. The molecule has 1 aliphatic carbocycles. The van der Waals surface area contributed by atoms with E-state index in [1.165, 1.54) is 4.68 Å². The summed E-state index contributed by atoms with van der Waals surface area (Å²) < 4.78 is 2.42. The largest absolute Gasteiger partial charge is 0.350 e. The molecule has 0 saturated carbocycles. The van der Waals surface area contributed by atoms with Gasteiger partial charge in [-0.3, -0.25) is 9.59 Å². The van der Waals surface area contributed by atoms with Crippen molar-refractivity contribution in [1.82, 2.24) is 15.1 Å². The van der Waals surface area contributed by atoms with Crippen molar-refractivity contribution in [3.05, 3.63) is 61.1 Å². The topological polar surface area (TPSA) is 64.0 Å². The zero-order valence-electron chi connectivity index (χ0n) is 12.9. The number of hydrogen-bond donors (Lipinski definition) is 1. The molecule has 120 valence electrons. The summed E-state index contributed by atoms with van der Waals surface area (Å²) in [6.07, 6.45) is 2.82. The van der Waals surface area contributed by atoms with Crippen LogP contribution in [-0.2, 0) is 24.2 Å². The van der Waals surface area contributed by atoms with Crippen molar-refractivity contribution in [3.63, 3.8) is 0 Å². The number of rotatable bonds is 4. The summed E-state index contributed by atoms with van der Waals surface area (Å²) in [6, 6.07) is 8.95. The number of carbonyl (C=O) groups is 1. The van der Waals surface area contributed by atoms with Gasteiger partial charge in [0.2, 0.25) is 5.91 Å². The molecule has 6 heteroatoms. The van der Waals surface area contributed by atoms with Crippen LogP contribution >= 0.6 is 22.6 Å². The quantitative estimate of drug-likeness (QED) is 0.768. The van der Waals surface area contributed by atoms with Crippen molar-refractivity contribution in [2.75, 3.05) is 0 Å². The van der Waals surface area contributed by atoms with Gasteiger partial charge in [-0.1, -0.05) is 12.1 Å². The van der Waals surface area contributed by atoms with Gasteiger partial charge >= 0.3 is 0 Å². The minimum absolute atomic E-state index is 0.198. The summed E-state index contributed by atoms with van der Waals surface area (Å²) in [7, 11) is 0. The second-order valence-corrected chi connectivity index (χ2v) is 7.02. The van der Waals surface area contributed by atoms with E-state index in [1.54, 1.807) is 13.0 Å². The average Bonchev–Trinajstić information content (AvgIpc) is 2.98. The first kappa shape index (κ1) is 16.2. The molecule has 1 N–H and O–H groups in total. The van der Waals surface area contributed by atoms with Crippen LogP contribution in [0.3, 0.4) is 0 Å². The number of fused-ring (bicyclic) bond motifs is 1. The van der Waals surface area contributed by atoms with Crippen LogP contribution in [0.5, 0.6) is 0 Å². The second-order valence-electron chi connectivity index (χ2n) is 5.78. The first-order chi connectivity index (χ1) is 11.0. The lowest BCUT2D eigenvalue weighted by Gasteiger charge is -2.15. The Morgan fingerprint density at radius 2 is 2.22 bits per heavy atom. The summed E-state index contributed by atoms with van der Waals surface area (Å²) >= 11 is 2.24. The van der Waals surface area contributed by atoms with Crippen molar-refractivity contribution in [3.8, 4) is 0 Å². The summed E-state index contributed by atoms with van der Waals surface area (Å²) in [5.41, 5.74) is 2.80. The van der Waals surface area contributed by atoms with E-state index in [9.17, 15) is 9.59 Å². The molecule has 1 heterocycles. The number of aromatic nitrogens is 2. The molecular formula is C17H18IN3O2. The summed E-state index contributed by atoms with van der Waals surface area (Å²) in [4.78, 5) is 24.5. The third-order valence-electron chi connectivity index (χ3n) is 4.08. The molecule has 0 fully saturated rings. The Balaban J connectivity index is 1.71. The number of nitrogens with one attached hydrogen (secondary N) is 1. The summed E-state index contributed by atoms with van der Waals surface area (Å²) in [6.45, 7) is 2.15. The minimum Gasteiger partial charge on any atom is -0.350 e. The summed E-state index contributed by atoms with van der Waals surface area (Å²) in [5.74, 6) is -0.198. The van der Waals surface area contributed by atoms with E-state index in [0.717, 1.165) is 39.7 Å². The highest BCUT2D eigenvalue weighted by Gasteiger charge is 2.21. The Labute approximate surface area is 148 Å². The molecule has 1 aromatic carbocycles. The summed E-state index contributed by atoms with van der Waals surface area (Å²) in [5, 5.41) is 7.26. The average molecular weight is 423 g/mol. The van der Waals surface area contributed by atoms with Crippen LogP contribution < -0.4 is 10.9 Å². The molecule has 0 aliphatic heterocycles. The van der Waals surface area contributed by atoms with Crippen LogP contribution in [0.4, 0.5) is 0 Å². The molecule has 0 saturated heterocycles. The van der Waals surface area contributed by atoms with Gasteiger partial charge in [0.1, 0.15) is 6.04 Å². The molecule has 0 bridgehead atoms. The highest BCUT2D eigenvalue weighted by Crippen LogP contribution is 2.18. The van der Waals surface area contributed by atoms with Gasteiger partial charge in [-0.2, -0.15) is 5.10 Å². The number of amides is 1. The number of aryl methyl sites for hydroxylation is 2. The Morgan fingerprint density at radius 3 is 3.00 bits per heavy atom. The van der Waals surface area contributed by atoms with E-state index in [2.05, 4.69) is 33.0 Å². The second kappa shape index (κ2) is 6.82. The van der Waals surface area contributed by atoms with E-state index in [-0.39, 0.29) is 11.5 Å². The molecule has 3 rings (SSSR count). The smallest absolute Gasteiger partial charge is 0.267 e. The lowest BCUT2D eigenvalue weighted by molar-refractivity contribution is -0.124. The Morgan fingerprint density at radius 1 is 1.39 bits per heavy atom. The zero-order chi connectivity index (χ0) is 16.4. The lowest BCUT2D eigenvalue weighted by atomic mass is 10.2. The zero-order valence-corrected chi connectivity index (χ0v) is 15.0. The molecule has 1 aromatic heterocycles. The maximum absolute atomic E-state index is 12.3. The molecule has 2 aromatic rings. The molecule has 0 spiro atoms. The highest BCUT2D eigenvalue weighted by atomic mass is 127. The van der Waals surface area contributed by atoms with Crippen LogP contribution in [0.25, 0.3) is 0 Å². The highest BCUT2D eigenvalue weighted by molar-refractivity contribution is 14.1. The fourth-order valence-corrected chi connectivity index (χ4v) is 3.40. The van der Waals surface area contributed by atoms with Gasteiger partial charge in [0.15, 0.2) is 0 Å². The van der Waals surface area contributed by atoms with Crippen LogP contribution in [0.15, 0.2) is 35.1 Å². The van der Waals surface area contributed by atoms with Crippen LogP contribution in [0, 0.1) is 3.57 Å². The molecule has 0 radical (unpaired) electrons. The standard InChI is InChI=1S/C17H18IN3O2/c1-11(17(23)19-10-12-4-2-6-14(18)8-12)21-16(22)9-13-5-3-7-15(13)20-21/h2,4,6,8-9,11H,3,5,7,10H2,1H3,(H,19,23). The Hall–Kier alpha value is -1.70. The van der Waals surface area contributed by atoms with E-state index >= 15 is 0 Å². The first-order valence-electron chi connectivity index (χ1n) is 7.68. The third-order valence-corrected chi connectivity index (χ3v) is 4.76. The number of carbonyl (C=O) groups excluding carboxylic acids is 1. The predicted molar refractivity (Wildman–Crippen MR) is 96.2 cm³/mol. The fraction of sp³-hybridized carbons (Fsp3) is 0.353. The number of benzene rings is 1.